The Morgan fingerprint density at radius 3 is 2.83 bits per heavy atom. The summed E-state index contributed by atoms with van der Waals surface area (Å²) in [6.45, 7) is 4.91. The molecule has 1 heterocycles. The van der Waals surface area contributed by atoms with Crippen LogP contribution in [0.25, 0.3) is 0 Å². The van der Waals surface area contributed by atoms with E-state index in [1.54, 1.807) is 25.1 Å². The van der Waals surface area contributed by atoms with Crippen molar-refractivity contribution < 1.29 is 14.2 Å². The van der Waals surface area contributed by atoms with Crippen LogP contribution in [-0.4, -0.2) is 34.0 Å². The van der Waals surface area contributed by atoms with E-state index in [1.165, 1.54) is 12.1 Å². The molecule has 122 valence electrons. The number of amides is 1. The van der Waals surface area contributed by atoms with E-state index in [2.05, 4.69) is 10.5 Å². The molecule has 1 amide bonds. The summed E-state index contributed by atoms with van der Waals surface area (Å²) in [5.74, 6) is 0.0762. The Morgan fingerprint density at radius 2 is 2.22 bits per heavy atom. The summed E-state index contributed by atoms with van der Waals surface area (Å²) < 4.78 is 4.94. The van der Waals surface area contributed by atoms with Crippen molar-refractivity contribution in [3.63, 3.8) is 0 Å². The van der Waals surface area contributed by atoms with Gasteiger partial charge in [-0.2, -0.15) is 0 Å². The summed E-state index contributed by atoms with van der Waals surface area (Å²) in [6, 6.07) is 8.03. The molecule has 23 heavy (non-hydrogen) atoms. The van der Waals surface area contributed by atoms with Crippen molar-refractivity contribution in [2.45, 2.75) is 20.4 Å². The smallest absolute Gasteiger partial charge is 0.269 e. The number of aryl methyl sites for hydroxylation is 1. The standard InChI is InChI=1S/C15H18N4O4/c1-3-18(9-12-5-4-6-13(8-12)19(21)22)10-14(20)16-15-7-11(2)17-23-15/h4-8H,3,9-10H2,1-2H3,(H,16,20). The van der Waals surface area contributed by atoms with E-state index in [-0.39, 0.29) is 18.1 Å². The first-order chi connectivity index (χ1) is 11.0. The lowest BCUT2D eigenvalue weighted by Crippen LogP contribution is -2.32. The van der Waals surface area contributed by atoms with Crippen molar-refractivity contribution >= 4 is 17.5 Å². The molecule has 8 heteroatoms. The number of hydrogen-bond donors (Lipinski definition) is 1. The van der Waals surface area contributed by atoms with Gasteiger partial charge in [0.25, 0.3) is 5.69 Å². The summed E-state index contributed by atoms with van der Waals surface area (Å²) in [5.41, 5.74) is 1.51. The molecular formula is C15H18N4O4. The fourth-order valence-electron chi connectivity index (χ4n) is 2.11. The highest BCUT2D eigenvalue weighted by atomic mass is 16.6. The van der Waals surface area contributed by atoms with E-state index in [9.17, 15) is 14.9 Å². The third-order valence-corrected chi connectivity index (χ3v) is 3.23. The molecule has 0 bridgehead atoms. The van der Waals surface area contributed by atoms with Crippen molar-refractivity contribution in [3.05, 3.63) is 51.7 Å². The van der Waals surface area contributed by atoms with Gasteiger partial charge in [0, 0.05) is 24.7 Å². The maximum Gasteiger partial charge on any atom is 0.269 e. The van der Waals surface area contributed by atoms with Gasteiger partial charge in [-0.15, -0.1) is 0 Å². The second-order valence-corrected chi connectivity index (χ2v) is 5.11. The van der Waals surface area contributed by atoms with E-state index in [0.29, 0.717) is 24.7 Å². The molecule has 2 aromatic rings. The summed E-state index contributed by atoms with van der Waals surface area (Å²) >= 11 is 0. The number of carbonyl (C=O) groups excluding carboxylic acids is 1. The molecule has 0 spiro atoms. The molecule has 0 unspecified atom stereocenters. The van der Waals surface area contributed by atoms with Crippen molar-refractivity contribution in [1.82, 2.24) is 10.1 Å². The summed E-state index contributed by atoms with van der Waals surface area (Å²) in [7, 11) is 0. The fourth-order valence-corrected chi connectivity index (χ4v) is 2.11. The highest BCUT2D eigenvalue weighted by Crippen LogP contribution is 2.15. The zero-order chi connectivity index (χ0) is 16.8. The Labute approximate surface area is 133 Å². The Kier molecular flexibility index (Phi) is 5.42. The highest BCUT2D eigenvalue weighted by Gasteiger charge is 2.13. The number of carbonyl (C=O) groups is 1. The van der Waals surface area contributed by atoms with Gasteiger partial charge in [0.05, 0.1) is 17.2 Å². The molecule has 0 fully saturated rings. The molecule has 0 saturated heterocycles. The van der Waals surface area contributed by atoms with Crippen LogP contribution < -0.4 is 5.32 Å². The first kappa shape index (κ1) is 16.6. The van der Waals surface area contributed by atoms with Crippen molar-refractivity contribution in [2.75, 3.05) is 18.4 Å². The van der Waals surface area contributed by atoms with Crippen LogP contribution in [0.2, 0.25) is 0 Å². The number of nitrogens with zero attached hydrogens (tertiary/aromatic N) is 3. The topological polar surface area (TPSA) is 102 Å². The molecule has 0 atom stereocenters. The average molecular weight is 318 g/mol. The molecule has 0 radical (unpaired) electrons. The number of anilines is 1. The Morgan fingerprint density at radius 1 is 1.43 bits per heavy atom. The number of nitro benzene ring substituents is 1. The number of non-ortho nitro benzene ring substituents is 1. The summed E-state index contributed by atoms with van der Waals surface area (Å²) in [4.78, 5) is 24.3. The van der Waals surface area contributed by atoms with Crippen LogP contribution in [0.3, 0.4) is 0 Å². The lowest BCUT2D eigenvalue weighted by molar-refractivity contribution is -0.384. The number of nitrogens with one attached hydrogen (secondary N) is 1. The van der Waals surface area contributed by atoms with Crippen LogP contribution in [0.4, 0.5) is 11.6 Å². The molecule has 0 aliphatic heterocycles. The second kappa shape index (κ2) is 7.50. The molecule has 0 aliphatic carbocycles. The van der Waals surface area contributed by atoms with Gasteiger partial charge in [0.1, 0.15) is 0 Å². The predicted octanol–water partition coefficient (Wildman–Crippen LogP) is 2.35. The number of nitro groups is 1. The van der Waals surface area contributed by atoms with E-state index >= 15 is 0 Å². The van der Waals surface area contributed by atoms with Gasteiger partial charge in [-0.3, -0.25) is 25.1 Å². The van der Waals surface area contributed by atoms with Crippen LogP contribution >= 0.6 is 0 Å². The van der Waals surface area contributed by atoms with Crippen LogP contribution in [0.1, 0.15) is 18.2 Å². The molecule has 0 saturated carbocycles. The maximum atomic E-state index is 12.0. The molecule has 8 nitrogen and oxygen atoms in total. The van der Waals surface area contributed by atoms with Gasteiger partial charge >= 0.3 is 0 Å². The fraction of sp³-hybridized carbons (Fsp3) is 0.333. The largest absolute Gasteiger partial charge is 0.338 e. The first-order valence-electron chi connectivity index (χ1n) is 7.16. The predicted molar refractivity (Wildman–Crippen MR) is 83.9 cm³/mol. The minimum absolute atomic E-state index is 0.0418. The van der Waals surface area contributed by atoms with Gasteiger partial charge in [0.2, 0.25) is 11.8 Å². The van der Waals surface area contributed by atoms with Crippen molar-refractivity contribution in [3.8, 4) is 0 Å². The highest BCUT2D eigenvalue weighted by molar-refractivity contribution is 5.90. The third-order valence-electron chi connectivity index (χ3n) is 3.23. The van der Waals surface area contributed by atoms with E-state index in [0.717, 1.165) is 5.56 Å². The van der Waals surface area contributed by atoms with E-state index in [4.69, 9.17) is 4.52 Å². The van der Waals surface area contributed by atoms with Crippen LogP contribution in [0.15, 0.2) is 34.9 Å². The van der Waals surface area contributed by atoms with E-state index in [1.807, 2.05) is 11.8 Å². The number of likely N-dealkylation sites (N-methyl/N-ethyl adjacent to an activating group) is 1. The first-order valence-corrected chi connectivity index (χ1v) is 7.16. The monoisotopic (exact) mass is 318 g/mol. The Bertz CT molecular complexity index is 698. The Balaban J connectivity index is 1.95. The van der Waals surface area contributed by atoms with Gasteiger partial charge in [-0.05, 0) is 19.0 Å². The van der Waals surface area contributed by atoms with Crippen LogP contribution in [0, 0.1) is 17.0 Å². The second-order valence-electron chi connectivity index (χ2n) is 5.11. The molecule has 0 aliphatic rings. The van der Waals surface area contributed by atoms with Gasteiger partial charge in [-0.1, -0.05) is 24.2 Å². The zero-order valence-corrected chi connectivity index (χ0v) is 13.0. The third kappa shape index (κ3) is 4.89. The lowest BCUT2D eigenvalue weighted by Gasteiger charge is -2.19. The van der Waals surface area contributed by atoms with E-state index < -0.39 is 4.92 Å². The SMILES string of the molecule is CCN(CC(=O)Nc1cc(C)no1)Cc1cccc([N+](=O)[O-])c1. The van der Waals surface area contributed by atoms with Gasteiger partial charge in [-0.25, -0.2) is 0 Å². The zero-order valence-electron chi connectivity index (χ0n) is 13.0. The normalized spacial score (nSPS) is 10.7. The number of benzene rings is 1. The maximum absolute atomic E-state index is 12.0. The minimum Gasteiger partial charge on any atom is -0.338 e. The minimum atomic E-state index is -0.432. The van der Waals surface area contributed by atoms with Crippen LogP contribution in [-0.2, 0) is 11.3 Å². The number of aromatic nitrogens is 1. The van der Waals surface area contributed by atoms with Crippen molar-refractivity contribution in [2.24, 2.45) is 0 Å². The van der Waals surface area contributed by atoms with Gasteiger partial charge in [0.15, 0.2) is 0 Å². The summed E-state index contributed by atoms with van der Waals surface area (Å²) in [6.07, 6.45) is 0. The number of hydrogen-bond acceptors (Lipinski definition) is 6. The molecule has 1 aromatic heterocycles. The molecule has 1 aromatic carbocycles. The number of rotatable bonds is 7. The molecule has 1 N–H and O–H groups in total. The molecular weight excluding hydrogens is 300 g/mol. The lowest BCUT2D eigenvalue weighted by atomic mass is 10.2. The Hall–Kier alpha value is -2.74. The van der Waals surface area contributed by atoms with Gasteiger partial charge < -0.3 is 4.52 Å². The quantitative estimate of drug-likeness (QED) is 0.621. The van der Waals surface area contributed by atoms with Crippen LogP contribution in [0.5, 0.6) is 0 Å². The molecule has 2 rings (SSSR count). The summed E-state index contributed by atoms with van der Waals surface area (Å²) in [5, 5.41) is 17.1. The average Bonchev–Trinajstić information content (AvgIpc) is 2.91. The van der Waals surface area contributed by atoms with Crippen molar-refractivity contribution in [1.29, 1.82) is 0 Å².